The molecule has 1 aliphatic heterocycles. The van der Waals surface area contributed by atoms with Crippen LogP contribution < -0.4 is 15.4 Å². The number of nitrogens with zero attached hydrogens (tertiary/aromatic N) is 1. The topological polar surface area (TPSA) is 93.5 Å². The molecular formula is C23H21N3O4. The van der Waals surface area contributed by atoms with Gasteiger partial charge in [-0.3, -0.25) is 14.9 Å². The van der Waals surface area contributed by atoms with Crippen molar-refractivity contribution in [3.05, 3.63) is 99.6 Å². The number of nitro groups is 1. The Morgan fingerprint density at radius 1 is 1.07 bits per heavy atom. The number of hydrogen-bond donors (Lipinski definition) is 2. The van der Waals surface area contributed by atoms with Crippen LogP contribution in [0.4, 0.5) is 11.4 Å². The number of carbonyl (C=O) groups is 1. The predicted molar refractivity (Wildman–Crippen MR) is 114 cm³/mol. The lowest BCUT2D eigenvalue weighted by molar-refractivity contribution is -0.384. The van der Waals surface area contributed by atoms with Gasteiger partial charge in [0.25, 0.3) is 11.6 Å². The molecule has 7 nitrogen and oxygen atoms in total. The van der Waals surface area contributed by atoms with Crippen LogP contribution in [-0.4, -0.2) is 17.4 Å². The molecule has 0 aliphatic carbocycles. The number of para-hydroxylation sites is 1. The van der Waals surface area contributed by atoms with Gasteiger partial charge in [0.05, 0.1) is 17.6 Å². The Kier molecular flexibility index (Phi) is 5.61. The lowest BCUT2D eigenvalue weighted by atomic mass is 10.00. The second kappa shape index (κ2) is 8.65. The summed E-state index contributed by atoms with van der Waals surface area (Å²) in [6.07, 6.45) is 0.640. The number of benzene rings is 3. The van der Waals surface area contributed by atoms with E-state index >= 15 is 0 Å². The number of rotatable bonds is 6. The van der Waals surface area contributed by atoms with Gasteiger partial charge in [-0.15, -0.1) is 0 Å². The lowest BCUT2D eigenvalue weighted by Crippen LogP contribution is -2.32. The Morgan fingerprint density at radius 3 is 2.63 bits per heavy atom. The van der Waals surface area contributed by atoms with Crippen LogP contribution in [0.3, 0.4) is 0 Å². The SMILES string of the molecule is O=C(NC1CCOc2ccccc21)c1ccc(NCc2ccccc2)c([N+](=O)[O-])c1. The summed E-state index contributed by atoms with van der Waals surface area (Å²) in [7, 11) is 0. The lowest BCUT2D eigenvalue weighted by Gasteiger charge is -2.26. The number of ether oxygens (including phenoxy) is 1. The average molecular weight is 403 g/mol. The molecule has 7 heteroatoms. The zero-order valence-corrected chi connectivity index (χ0v) is 16.2. The van der Waals surface area contributed by atoms with Crippen molar-refractivity contribution in [2.75, 3.05) is 11.9 Å². The summed E-state index contributed by atoms with van der Waals surface area (Å²) in [5.74, 6) is 0.398. The van der Waals surface area contributed by atoms with E-state index in [-0.39, 0.29) is 23.2 Å². The van der Waals surface area contributed by atoms with E-state index in [4.69, 9.17) is 4.74 Å². The monoisotopic (exact) mass is 403 g/mol. The van der Waals surface area contributed by atoms with E-state index < -0.39 is 4.92 Å². The second-order valence-electron chi connectivity index (χ2n) is 7.03. The third-order valence-electron chi connectivity index (χ3n) is 5.05. The minimum Gasteiger partial charge on any atom is -0.493 e. The number of nitro benzene ring substituents is 1. The van der Waals surface area contributed by atoms with Crippen LogP contribution in [0.5, 0.6) is 5.75 Å². The van der Waals surface area contributed by atoms with Gasteiger partial charge in [0.2, 0.25) is 0 Å². The molecule has 0 spiro atoms. The molecule has 2 N–H and O–H groups in total. The molecule has 1 heterocycles. The first-order chi connectivity index (χ1) is 14.6. The summed E-state index contributed by atoms with van der Waals surface area (Å²) in [6.45, 7) is 0.955. The molecule has 0 saturated carbocycles. The first-order valence-electron chi connectivity index (χ1n) is 9.70. The molecule has 0 fully saturated rings. The van der Waals surface area contributed by atoms with Crippen LogP contribution in [-0.2, 0) is 6.54 Å². The van der Waals surface area contributed by atoms with Gasteiger partial charge in [-0.1, -0.05) is 48.5 Å². The van der Waals surface area contributed by atoms with Gasteiger partial charge >= 0.3 is 0 Å². The van der Waals surface area contributed by atoms with Crippen molar-refractivity contribution in [3.63, 3.8) is 0 Å². The average Bonchev–Trinajstić information content (AvgIpc) is 2.78. The Hall–Kier alpha value is -3.87. The van der Waals surface area contributed by atoms with Crippen LogP contribution in [0.15, 0.2) is 72.8 Å². The zero-order valence-electron chi connectivity index (χ0n) is 16.2. The number of nitrogens with one attached hydrogen (secondary N) is 2. The van der Waals surface area contributed by atoms with Crippen molar-refractivity contribution >= 4 is 17.3 Å². The van der Waals surface area contributed by atoms with E-state index in [0.29, 0.717) is 25.3 Å². The summed E-state index contributed by atoms with van der Waals surface area (Å²) in [6, 6.07) is 21.5. The number of fused-ring (bicyclic) bond motifs is 1. The van der Waals surface area contributed by atoms with Gasteiger partial charge in [0, 0.05) is 30.2 Å². The summed E-state index contributed by atoms with van der Waals surface area (Å²) in [5, 5.41) is 17.6. The highest BCUT2D eigenvalue weighted by Gasteiger charge is 2.24. The van der Waals surface area contributed by atoms with Crippen molar-refractivity contribution in [1.29, 1.82) is 0 Å². The van der Waals surface area contributed by atoms with Crippen LogP contribution in [0.2, 0.25) is 0 Å². The van der Waals surface area contributed by atoms with Gasteiger partial charge in [0.1, 0.15) is 11.4 Å². The summed E-state index contributed by atoms with van der Waals surface area (Å²) >= 11 is 0. The van der Waals surface area contributed by atoms with E-state index in [1.807, 2.05) is 54.6 Å². The highest BCUT2D eigenvalue weighted by Crippen LogP contribution is 2.32. The van der Waals surface area contributed by atoms with Crippen molar-refractivity contribution in [3.8, 4) is 5.75 Å². The molecule has 4 rings (SSSR count). The molecule has 1 unspecified atom stereocenters. The fourth-order valence-corrected chi connectivity index (χ4v) is 3.50. The molecule has 3 aromatic carbocycles. The highest BCUT2D eigenvalue weighted by atomic mass is 16.6. The van der Waals surface area contributed by atoms with Gasteiger partial charge in [-0.25, -0.2) is 0 Å². The highest BCUT2D eigenvalue weighted by molar-refractivity contribution is 5.96. The van der Waals surface area contributed by atoms with Crippen LogP contribution >= 0.6 is 0 Å². The van der Waals surface area contributed by atoms with Crippen molar-refractivity contribution in [2.24, 2.45) is 0 Å². The second-order valence-corrected chi connectivity index (χ2v) is 7.03. The summed E-state index contributed by atoms with van der Waals surface area (Å²) in [5.41, 5.74) is 2.40. The molecular weight excluding hydrogens is 382 g/mol. The fourth-order valence-electron chi connectivity index (χ4n) is 3.50. The maximum Gasteiger partial charge on any atom is 0.293 e. The first-order valence-corrected chi connectivity index (χ1v) is 9.70. The van der Waals surface area contributed by atoms with E-state index in [1.165, 1.54) is 6.07 Å². The third kappa shape index (κ3) is 4.25. The van der Waals surface area contributed by atoms with Gasteiger partial charge in [-0.2, -0.15) is 0 Å². The summed E-state index contributed by atoms with van der Waals surface area (Å²) < 4.78 is 5.62. The maximum absolute atomic E-state index is 12.8. The standard InChI is InChI=1S/C23H21N3O4/c27-23(25-19-12-13-30-22-9-5-4-8-18(19)22)17-10-11-20(21(14-17)26(28)29)24-15-16-6-2-1-3-7-16/h1-11,14,19,24H,12-13,15H2,(H,25,27). The number of anilines is 1. The van der Waals surface area contributed by atoms with E-state index in [2.05, 4.69) is 10.6 Å². The van der Waals surface area contributed by atoms with Crippen LogP contribution in [0.25, 0.3) is 0 Å². The number of hydrogen-bond acceptors (Lipinski definition) is 5. The van der Waals surface area contributed by atoms with Gasteiger partial charge in [-0.05, 0) is 23.8 Å². The molecule has 0 aromatic heterocycles. The fraction of sp³-hybridized carbons (Fsp3) is 0.174. The minimum absolute atomic E-state index is 0.133. The molecule has 1 aliphatic rings. The molecule has 3 aromatic rings. The van der Waals surface area contributed by atoms with E-state index in [1.54, 1.807) is 12.1 Å². The smallest absolute Gasteiger partial charge is 0.293 e. The molecule has 0 bridgehead atoms. The Balaban J connectivity index is 1.51. The molecule has 0 radical (unpaired) electrons. The molecule has 1 amide bonds. The Morgan fingerprint density at radius 2 is 1.83 bits per heavy atom. The zero-order chi connectivity index (χ0) is 20.9. The van der Waals surface area contributed by atoms with Crippen LogP contribution in [0, 0.1) is 10.1 Å². The van der Waals surface area contributed by atoms with Gasteiger partial charge < -0.3 is 15.4 Å². The van der Waals surface area contributed by atoms with Crippen molar-refractivity contribution in [2.45, 2.75) is 19.0 Å². The first kappa shape index (κ1) is 19.4. The third-order valence-corrected chi connectivity index (χ3v) is 5.05. The summed E-state index contributed by atoms with van der Waals surface area (Å²) in [4.78, 5) is 23.9. The maximum atomic E-state index is 12.8. The number of amides is 1. The normalized spacial score (nSPS) is 14.9. The molecule has 30 heavy (non-hydrogen) atoms. The molecule has 0 saturated heterocycles. The Bertz CT molecular complexity index is 1070. The Labute approximate surface area is 173 Å². The minimum atomic E-state index is -0.478. The molecule has 1 atom stereocenters. The largest absolute Gasteiger partial charge is 0.493 e. The van der Waals surface area contributed by atoms with E-state index in [9.17, 15) is 14.9 Å². The molecule has 152 valence electrons. The van der Waals surface area contributed by atoms with Gasteiger partial charge in [0.15, 0.2) is 0 Å². The van der Waals surface area contributed by atoms with Crippen molar-refractivity contribution < 1.29 is 14.5 Å². The number of carbonyl (C=O) groups excluding carboxylic acids is 1. The van der Waals surface area contributed by atoms with Crippen LogP contribution in [0.1, 0.15) is 33.9 Å². The van der Waals surface area contributed by atoms with E-state index in [0.717, 1.165) is 16.9 Å². The quantitative estimate of drug-likeness (QED) is 0.468. The predicted octanol–water partition coefficient (Wildman–Crippen LogP) is 4.46. The van der Waals surface area contributed by atoms with Crippen molar-refractivity contribution in [1.82, 2.24) is 5.32 Å².